The zero-order valence-corrected chi connectivity index (χ0v) is 17.8. The van der Waals surface area contributed by atoms with Crippen molar-refractivity contribution in [2.75, 3.05) is 6.61 Å². The zero-order valence-electron chi connectivity index (χ0n) is 17.8. The van der Waals surface area contributed by atoms with E-state index in [1.54, 1.807) is 0 Å². The summed E-state index contributed by atoms with van der Waals surface area (Å²) in [6.07, 6.45) is 7.06. The molecule has 0 aliphatic carbocycles. The van der Waals surface area contributed by atoms with Gasteiger partial charge >= 0.3 is 0 Å². The van der Waals surface area contributed by atoms with Gasteiger partial charge in [-0.3, -0.25) is 4.79 Å². The zero-order chi connectivity index (χ0) is 19.8. The summed E-state index contributed by atoms with van der Waals surface area (Å²) in [6.45, 7) is 15.9. The molecular formula is C20H38N4O2. The van der Waals surface area contributed by atoms with Crippen molar-refractivity contribution in [2.45, 2.75) is 98.8 Å². The molecule has 26 heavy (non-hydrogen) atoms. The highest BCUT2D eigenvalue weighted by molar-refractivity contribution is 5.75. The molecule has 1 rings (SSSR count). The van der Waals surface area contributed by atoms with Crippen molar-refractivity contribution in [3.8, 4) is 0 Å². The molecule has 150 valence electrons. The van der Waals surface area contributed by atoms with Gasteiger partial charge in [-0.25, -0.2) is 4.68 Å². The SMILES string of the molecule is CC(C)OCC(C)(C)n1cc(CNC(=O)CCCCCC(C)(C)C)nn1. The largest absolute Gasteiger partial charge is 0.376 e. The second-order valence-corrected chi connectivity index (χ2v) is 9.22. The van der Waals surface area contributed by atoms with E-state index in [1.165, 1.54) is 12.8 Å². The first kappa shape index (κ1) is 22.6. The van der Waals surface area contributed by atoms with Gasteiger partial charge in [0, 0.05) is 6.42 Å². The molecule has 0 radical (unpaired) electrons. The Morgan fingerprint density at radius 2 is 1.88 bits per heavy atom. The summed E-state index contributed by atoms with van der Waals surface area (Å²) < 4.78 is 7.50. The topological polar surface area (TPSA) is 69.0 Å². The van der Waals surface area contributed by atoms with Crippen molar-refractivity contribution in [1.82, 2.24) is 20.3 Å². The lowest BCUT2D eigenvalue weighted by molar-refractivity contribution is -0.121. The number of nitrogens with zero attached hydrogens (tertiary/aromatic N) is 3. The standard InChI is InChI=1S/C20H38N4O2/c1-16(2)26-15-20(6,7)24-14-17(22-23-24)13-21-18(25)11-9-8-10-12-19(3,4)5/h14,16H,8-13,15H2,1-7H3,(H,21,25). The Morgan fingerprint density at radius 3 is 2.50 bits per heavy atom. The third kappa shape index (κ3) is 9.32. The highest BCUT2D eigenvalue weighted by Crippen LogP contribution is 2.22. The number of unbranched alkanes of at least 4 members (excludes halogenated alkanes) is 2. The molecule has 1 aromatic rings. The fraction of sp³-hybridized carbons (Fsp3) is 0.850. The molecule has 0 aromatic carbocycles. The van der Waals surface area contributed by atoms with Crippen LogP contribution in [0.2, 0.25) is 0 Å². The van der Waals surface area contributed by atoms with Crippen LogP contribution in [0.1, 0.15) is 86.3 Å². The quantitative estimate of drug-likeness (QED) is 0.600. The third-order valence-corrected chi connectivity index (χ3v) is 4.23. The monoisotopic (exact) mass is 366 g/mol. The molecule has 0 spiro atoms. The predicted octanol–water partition coefficient (Wildman–Crippen LogP) is 4.05. The van der Waals surface area contributed by atoms with Gasteiger partial charge in [-0.05, 0) is 46.0 Å². The number of ether oxygens (including phenoxy) is 1. The Labute approximate surface area is 159 Å². The third-order valence-electron chi connectivity index (χ3n) is 4.23. The maximum atomic E-state index is 12.0. The average molecular weight is 367 g/mol. The first-order valence-corrected chi connectivity index (χ1v) is 9.80. The van der Waals surface area contributed by atoms with E-state index >= 15 is 0 Å². The summed E-state index contributed by atoms with van der Waals surface area (Å²) in [7, 11) is 0. The molecule has 0 bridgehead atoms. The molecule has 1 N–H and O–H groups in total. The van der Waals surface area contributed by atoms with E-state index in [4.69, 9.17) is 4.74 Å². The minimum Gasteiger partial charge on any atom is -0.376 e. The number of hydrogen-bond acceptors (Lipinski definition) is 4. The van der Waals surface area contributed by atoms with Gasteiger partial charge in [0.15, 0.2) is 0 Å². The number of carbonyl (C=O) groups is 1. The van der Waals surface area contributed by atoms with Gasteiger partial charge in [-0.2, -0.15) is 0 Å². The molecule has 1 aromatic heterocycles. The molecule has 0 saturated heterocycles. The highest BCUT2D eigenvalue weighted by atomic mass is 16.5. The van der Waals surface area contributed by atoms with Gasteiger partial charge in [0.25, 0.3) is 0 Å². The van der Waals surface area contributed by atoms with Gasteiger partial charge in [-0.1, -0.05) is 38.8 Å². The van der Waals surface area contributed by atoms with Crippen LogP contribution in [0.15, 0.2) is 6.20 Å². The van der Waals surface area contributed by atoms with Crippen molar-refractivity contribution < 1.29 is 9.53 Å². The van der Waals surface area contributed by atoms with Crippen LogP contribution in [0.4, 0.5) is 0 Å². The maximum absolute atomic E-state index is 12.0. The van der Waals surface area contributed by atoms with Crippen molar-refractivity contribution in [2.24, 2.45) is 5.41 Å². The molecule has 6 heteroatoms. The van der Waals surface area contributed by atoms with Crippen LogP contribution < -0.4 is 5.32 Å². The van der Waals surface area contributed by atoms with Gasteiger partial charge in [0.05, 0.1) is 31.0 Å². The van der Waals surface area contributed by atoms with E-state index in [2.05, 4.69) is 50.2 Å². The summed E-state index contributed by atoms with van der Waals surface area (Å²) in [5, 5.41) is 11.3. The second kappa shape index (κ2) is 10.0. The van der Waals surface area contributed by atoms with Crippen LogP contribution in [0.5, 0.6) is 0 Å². The number of carbonyl (C=O) groups excluding carboxylic acids is 1. The molecule has 0 atom stereocenters. The molecule has 0 aliphatic rings. The van der Waals surface area contributed by atoms with E-state index in [1.807, 2.05) is 24.7 Å². The van der Waals surface area contributed by atoms with E-state index < -0.39 is 0 Å². The van der Waals surface area contributed by atoms with Gasteiger partial charge < -0.3 is 10.1 Å². The highest BCUT2D eigenvalue weighted by Gasteiger charge is 2.23. The van der Waals surface area contributed by atoms with Crippen molar-refractivity contribution in [1.29, 1.82) is 0 Å². The maximum Gasteiger partial charge on any atom is 0.220 e. The van der Waals surface area contributed by atoms with Crippen LogP contribution in [0, 0.1) is 5.41 Å². The van der Waals surface area contributed by atoms with Crippen LogP contribution in [-0.2, 0) is 21.6 Å². The molecule has 0 aliphatic heterocycles. The first-order valence-electron chi connectivity index (χ1n) is 9.80. The lowest BCUT2D eigenvalue weighted by atomic mass is 9.89. The Balaban J connectivity index is 2.31. The van der Waals surface area contributed by atoms with Crippen molar-refractivity contribution >= 4 is 5.91 Å². The van der Waals surface area contributed by atoms with E-state index in [9.17, 15) is 4.79 Å². The summed E-state index contributed by atoms with van der Waals surface area (Å²) in [5.74, 6) is 0.0812. The van der Waals surface area contributed by atoms with Crippen molar-refractivity contribution in [3.63, 3.8) is 0 Å². The smallest absolute Gasteiger partial charge is 0.220 e. The number of amides is 1. The van der Waals surface area contributed by atoms with Crippen molar-refractivity contribution in [3.05, 3.63) is 11.9 Å². The Morgan fingerprint density at radius 1 is 1.19 bits per heavy atom. The summed E-state index contributed by atoms with van der Waals surface area (Å²) >= 11 is 0. The van der Waals surface area contributed by atoms with E-state index in [0.29, 0.717) is 25.0 Å². The van der Waals surface area contributed by atoms with Gasteiger partial charge in [0.1, 0.15) is 5.69 Å². The van der Waals surface area contributed by atoms with Crippen LogP contribution in [0.3, 0.4) is 0 Å². The number of aromatic nitrogens is 3. The average Bonchev–Trinajstić information content (AvgIpc) is 2.99. The summed E-state index contributed by atoms with van der Waals surface area (Å²) in [5.41, 5.74) is 0.873. The van der Waals surface area contributed by atoms with Gasteiger partial charge in [-0.15, -0.1) is 5.10 Å². The number of hydrogen-bond donors (Lipinski definition) is 1. The fourth-order valence-electron chi connectivity index (χ4n) is 2.51. The fourth-order valence-corrected chi connectivity index (χ4v) is 2.51. The first-order chi connectivity index (χ1) is 12.0. The lowest BCUT2D eigenvalue weighted by Crippen LogP contribution is -2.33. The lowest BCUT2D eigenvalue weighted by Gasteiger charge is -2.25. The molecule has 0 saturated carbocycles. The van der Waals surface area contributed by atoms with Gasteiger partial charge in [0.2, 0.25) is 5.91 Å². The minimum absolute atomic E-state index is 0.0812. The Bertz CT molecular complexity index is 544. The molecule has 0 fully saturated rings. The van der Waals surface area contributed by atoms with Crippen LogP contribution in [-0.4, -0.2) is 33.6 Å². The molecule has 0 unspecified atom stereocenters. The van der Waals surface area contributed by atoms with Crippen LogP contribution >= 0.6 is 0 Å². The van der Waals surface area contributed by atoms with E-state index in [-0.39, 0.29) is 17.6 Å². The Kier molecular flexibility index (Phi) is 8.74. The second-order valence-electron chi connectivity index (χ2n) is 9.22. The molecular weight excluding hydrogens is 328 g/mol. The van der Waals surface area contributed by atoms with Crippen LogP contribution in [0.25, 0.3) is 0 Å². The summed E-state index contributed by atoms with van der Waals surface area (Å²) in [6, 6.07) is 0. The molecule has 6 nitrogen and oxygen atoms in total. The summed E-state index contributed by atoms with van der Waals surface area (Å²) in [4.78, 5) is 12.0. The van der Waals surface area contributed by atoms with E-state index in [0.717, 1.165) is 18.5 Å². The molecule has 1 heterocycles. The normalized spacial score (nSPS) is 12.6. The number of nitrogens with one attached hydrogen (secondary N) is 1. The Hall–Kier alpha value is -1.43. The minimum atomic E-state index is -0.271. The predicted molar refractivity (Wildman–Crippen MR) is 105 cm³/mol. The molecule has 1 amide bonds. The number of rotatable bonds is 11.